The zero-order valence-corrected chi connectivity index (χ0v) is 40.7. The molecule has 0 bridgehead atoms. The Bertz CT molecular complexity index is 1030. The molecule has 0 aliphatic carbocycles. The zero-order valence-electron chi connectivity index (χ0n) is 40.7. The molecule has 0 fully saturated rings. The fourth-order valence-corrected chi connectivity index (χ4v) is 7.54. The minimum absolute atomic E-state index is 0.0771. The second kappa shape index (κ2) is 50.3. The second-order valence-electron chi connectivity index (χ2n) is 17.8. The highest BCUT2D eigenvalue weighted by Crippen LogP contribution is 2.15. The van der Waals surface area contributed by atoms with E-state index >= 15 is 0 Å². The number of carbonyl (C=O) groups is 3. The van der Waals surface area contributed by atoms with Gasteiger partial charge < -0.3 is 14.2 Å². The summed E-state index contributed by atoms with van der Waals surface area (Å²) in [5.74, 6) is -0.885. The molecule has 0 N–H and O–H groups in total. The van der Waals surface area contributed by atoms with Crippen molar-refractivity contribution in [1.82, 2.24) is 0 Å². The molecule has 0 saturated heterocycles. The number of carbonyl (C=O) groups excluding carboxylic acids is 3. The van der Waals surface area contributed by atoms with Gasteiger partial charge in [0.05, 0.1) is 0 Å². The maximum absolute atomic E-state index is 12.8. The maximum Gasteiger partial charge on any atom is 0.306 e. The third-order valence-electron chi connectivity index (χ3n) is 11.6. The summed E-state index contributed by atoms with van der Waals surface area (Å²) in [6.07, 6.45) is 58.3. The number of allylic oxidation sites excluding steroid dienone is 6. The first kappa shape index (κ1) is 58.6. The minimum atomic E-state index is -0.776. The first-order valence-electron chi connectivity index (χ1n) is 26.5. The lowest BCUT2D eigenvalue weighted by atomic mass is 10.1. The van der Waals surface area contributed by atoms with Gasteiger partial charge in [-0.1, -0.05) is 198 Å². The highest BCUT2D eigenvalue weighted by Gasteiger charge is 2.19. The number of hydrogen-bond acceptors (Lipinski definition) is 6. The van der Waals surface area contributed by atoms with Gasteiger partial charge in [-0.05, 0) is 96.3 Å². The van der Waals surface area contributed by atoms with E-state index in [4.69, 9.17) is 14.2 Å². The highest BCUT2D eigenvalue weighted by atomic mass is 16.6. The van der Waals surface area contributed by atoms with E-state index in [1.807, 2.05) is 0 Å². The predicted octanol–water partition coefficient (Wildman–Crippen LogP) is 17.3. The molecule has 0 heterocycles. The van der Waals surface area contributed by atoms with Crippen LogP contribution in [0.5, 0.6) is 0 Å². The lowest BCUT2D eigenvalue weighted by Gasteiger charge is -2.18. The molecule has 0 amide bonds. The normalized spacial score (nSPS) is 12.2. The van der Waals surface area contributed by atoms with E-state index in [0.29, 0.717) is 19.3 Å². The largest absolute Gasteiger partial charge is 0.462 e. The third-order valence-corrected chi connectivity index (χ3v) is 11.6. The Labute approximate surface area is 378 Å². The first-order chi connectivity index (χ1) is 30.0. The average molecular weight is 857 g/mol. The molecule has 0 aromatic carbocycles. The van der Waals surface area contributed by atoms with E-state index < -0.39 is 6.10 Å². The van der Waals surface area contributed by atoms with Gasteiger partial charge in [-0.25, -0.2) is 0 Å². The SMILES string of the molecule is CCCCCC/C=C/CCCCCCCCCC(=O)OC[C@@H](COC(=O)CCCCCCC/C=C/CCCCCC)OC(=O)CCCCCCCCC/C=C/CCCCCC. The molecule has 0 radical (unpaired) electrons. The van der Waals surface area contributed by atoms with Crippen LogP contribution >= 0.6 is 0 Å². The van der Waals surface area contributed by atoms with Crippen molar-refractivity contribution in [3.63, 3.8) is 0 Å². The van der Waals surface area contributed by atoms with Crippen molar-refractivity contribution in [2.24, 2.45) is 0 Å². The number of esters is 3. The van der Waals surface area contributed by atoms with Gasteiger partial charge in [0.1, 0.15) is 13.2 Å². The van der Waals surface area contributed by atoms with Crippen LogP contribution in [0.25, 0.3) is 0 Å². The summed E-state index contributed by atoms with van der Waals surface area (Å²) in [5.41, 5.74) is 0. The first-order valence-corrected chi connectivity index (χ1v) is 26.5. The van der Waals surface area contributed by atoms with Crippen LogP contribution in [-0.4, -0.2) is 37.2 Å². The molecule has 61 heavy (non-hydrogen) atoms. The summed E-state index contributed by atoms with van der Waals surface area (Å²) >= 11 is 0. The smallest absolute Gasteiger partial charge is 0.306 e. The predicted molar refractivity (Wildman–Crippen MR) is 261 cm³/mol. The van der Waals surface area contributed by atoms with Crippen LogP contribution in [0.4, 0.5) is 0 Å². The van der Waals surface area contributed by atoms with E-state index in [2.05, 4.69) is 57.2 Å². The molecule has 0 aliphatic rings. The van der Waals surface area contributed by atoms with E-state index in [1.165, 1.54) is 173 Å². The van der Waals surface area contributed by atoms with E-state index in [0.717, 1.165) is 64.2 Å². The van der Waals surface area contributed by atoms with E-state index in [-0.39, 0.29) is 31.1 Å². The van der Waals surface area contributed by atoms with Crippen LogP contribution in [-0.2, 0) is 28.6 Å². The molecule has 1 atom stereocenters. The average Bonchev–Trinajstić information content (AvgIpc) is 3.26. The van der Waals surface area contributed by atoms with Crippen LogP contribution in [0.1, 0.15) is 278 Å². The van der Waals surface area contributed by atoms with Gasteiger partial charge in [-0.2, -0.15) is 0 Å². The topological polar surface area (TPSA) is 78.9 Å². The molecule has 0 rings (SSSR count). The molecule has 0 aromatic rings. The quantitative estimate of drug-likeness (QED) is 0.0262. The number of unbranched alkanes of at least 4 members (excludes halogenated alkanes) is 31. The Kier molecular flexibility index (Phi) is 48.3. The monoisotopic (exact) mass is 857 g/mol. The number of rotatable bonds is 48. The standard InChI is InChI=1S/C55H100O6/c1-4-7-10-13-16-19-22-25-27-30-33-36-39-42-45-48-54(57)60-51-52(50-59-53(56)47-44-41-38-35-32-29-24-21-18-15-12-9-6-3)61-55(58)49-46-43-40-37-34-31-28-26-23-20-17-14-11-8-5-2/h19-24,52H,4-18,25-51H2,1-3H3/b22-19+,23-20+,24-21+/t52-/m1/s1. The third kappa shape index (κ3) is 48.5. The number of ether oxygens (including phenoxy) is 3. The molecule has 0 spiro atoms. The molecule has 0 unspecified atom stereocenters. The molecule has 0 aromatic heterocycles. The summed E-state index contributed by atoms with van der Waals surface area (Å²) in [4.78, 5) is 38.0. The van der Waals surface area contributed by atoms with Gasteiger partial charge in [-0.15, -0.1) is 0 Å². The van der Waals surface area contributed by atoms with Crippen molar-refractivity contribution in [2.75, 3.05) is 13.2 Å². The van der Waals surface area contributed by atoms with Crippen molar-refractivity contribution < 1.29 is 28.6 Å². The van der Waals surface area contributed by atoms with Gasteiger partial charge in [0.15, 0.2) is 6.10 Å². The van der Waals surface area contributed by atoms with Gasteiger partial charge in [0.25, 0.3) is 0 Å². The maximum atomic E-state index is 12.8. The van der Waals surface area contributed by atoms with Crippen LogP contribution in [0.3, 0.4) is 0 Å². The molecule has 6 heteroatoms. The van der Waals surface area contributed by atoms with E-state index in [9.17, 15) is 14.4 Å². The van der Waals surface area contributed by atoms with Crippen molar-refractivity contribution in [3.05, 3.63) is 36.5 Å². The van der Waals surface area contributed by atoms with E-state index in [1.54, 1.807) is 0 Å². The Morgan fingerprint density at radius 3 is 0.820 bits per heavy atom. The minimum Gasteiger partial charge on any atom is -0.462 e. The lowest BCUT2D eigenvalue weighted by Crippen LogP contribution is -2.30. The summed E-state index contributed by atoms with van der Waals surface area (Å²) in [7, 11) is 0. The Hall–Kier alpha value is -2.37. The van der Waals surface area contributed by atoms with Gasteiger partial charge >= 0.3 is 17.9 Å². The zero-order chi connectivity index (χ0) is 44.4. The summed E-state index contributed by atoms with van der Waals surface area (Å²) in [5, 5.41) is 0. The van der Waals surface area contributed by atoms with Crippen LogP contribution in [0.2, 0.25) is 0 Å². The van der Waals surface area contributed by atoms with Crippen LogP contribution in [0.15, 0.2) is 36.5 Å². The Morgan fingerprint density at radius 2 is 0.541 bits per heavy atom. The van der Waals surface area contributed by atoms with Gasteiger partial charge in [-0.3, -0.25) is 14.4 Å². The van der Waals surface area contributed by atoms with Crippen molar-refractivity contribution in [2.45, 2.75) is 284 Å². The number of hydrogen-bond donors (Lipinski definition) is 0. The Morgan fingerprint density at radius 1 is 0.311 bits per heavy atom. The molecule has 0 aliphatic heterocycles. The van der Waals surface area contributed by atoms with Crippen molar-refractivity contribution in [3.8, 4) is 0 Å². The summed E-state index contributed by atoms with van der Waals surface area (Å²) < 4.78 is 16.8. The lowest BCUT2D eigenvalue weighted by molar-refractivity contribution is -0.167. The fraction of sp³-hybridized carbons (Fsp3) is 0.836. The van der Waals surface area contributed by atoms with Crippen molar-refractivity contribution >= 4 is 17.9 Å². The molecule has 6 nitrogen and oxygen atoms in total. The Balaban J connectivity index is 4.38. The molecule has 356 valence electrons. The molecular formula is C55H100O6. The van der Waals surface area contributed by atoms with Crippen LogP contribution < -0.4 is 0 Å². The second-order valence-corrected chi connectivity index (χ2v) is 17.8. The fourth-order valence-electron chi connectivity index (χ4n) is 7.54. The highest BCUT2D eigenvalue weighted by molar-refractivity contribution is 5.71. The summed E-state index contributed by atoms with van der Waals surface area (Å²) in [6, 6.07) is 0. The van der Waals surface area contributed by atoms with Crippen molar-refractivity contribution in [1.29, 1.82) is 0 Å². The molecular weight excluding hydrogens is 757 g/mol. The molecule has 0 saturated carbocycles. The van der Waals surface area contributed by atoms with Gasteiger partial charge in [0.2, 0.25) is 0 Å². The van der Waals surface area contributed by atoms with Crippen LogP contribution in [0, 0.1) is 0 Å². The summed E-state index contributed by atoms with van der Waals surface area (Å²) in [6.45, 7) is 6.60. The van der Waals surface area contributed by atoms with Gasteiger partial charge in [0, 0.05) is 19.3 Å².